The molecule has 2 N–H and O–H groups in total. The molecule has 0 spiro atoms. The first-order chi connectivity index (χ1) is 8.16. The van der Waals surface area contributed by atoms with E-state index >= 15 is 0 Å². The minimum atomic E-state index is -0.0108. The van der Waals surface area contributed by atoms with Crippen LogP contribution in [0, 0.1) is 0 Å². The second kappa shape index (κ2) is 5.49. The highest BCUT2D eigenvalue weighted by Crippen LogP contribution is 2.14. The molecule has 0 bridgehead atoms. The molecule has 5 nitrogen and oxygen atoms in total. The van der Waals surface area contributed by atoms with Crippen molar-refractivity contribution in [1.29, 1.82) is 0 Å². The molecule has 5 heteroatoms. The van der Waals surface area contributed by atoms with E-state index < -0.39 is 0 Å². The van der Waals surface area contributed by atoms with Crippen LogP contribution in [0.5, 0.6) is 0 Å². The zero-order valence-corrected chi connectivity index (χ0v) is 10.4. The summed E-state index contributed by atoms with van der Waals surface area (Å²) in [4.78, 5) is 25.1. The van der Waals surface area contributed by atoms with E-state index in [0.29, 0.717) is 6.54 Å². The number of hydrogen-bond donors (Lipinski definition) is 2. The number of carbonyl (C=O) groups excluding carboxylic acids is 2. The maximum atomic E-state index is 12.2. The Kier molecular flexibility index (Phi) is 3.99. The predicted octanol–water partition coefficient (Wildman–Crippen LogP) is -0.134. The fourth-order valence-electron chi connectivity index (χ4n) is 2.70. The van der Waals surface area contributed by atoms with Crippen molar-refractivity contribution in [3.8, 4) is 0 Å². The van der Waals surface area contributed by atoms with Gasteiger partial charge in [0, 0.05) is 26.1 Å². The van der Waals surface area contributed by atoms with Crippen LogP contribution < -0.4 is 10.6 Å². The molecule has 0 aromatic heterocycles. The fourth-order valence-corrected chi connectivity index (χ4v) is 2.70. The summed E-state index contributed by atoms with van der Waals surface area (Å²) >= 11 is 0. The summed E-state index contributed by atoms with van der Waals surface area (Å²) in [5.74, 6) is 0.195. The number of likely N-dealkylation sites (tertiary alicyclic amines) is 1. The highest BCUT2D eigenvalue weighted by molar-refractivity contribution is 5.82. The maximum absolute atomic E-state index is 12.2. The van der Waals surface area contributed by atoms with Crippen molar-refractivity contribution in [1.82, 2.24) is 15.5 Å². The van der Waals surface area contributed by atoms with Crippen LogP contribution in [0.3, 0.4) is 0 Å². The monoisotopic (exact) mass is 239 g/mol. The quantitative estimate of drug-likeness (QED) is 0.705. The lowest BCUT2D eigenvalue weighted by atomic mass is 10.0. The molecule has 2 fully saturated rings. The fraction of sp³-hybridized carbons (Fsp3) is 0.833. The zero-order chi connectivity index (χ0) is 12.3. The van der Waals surface area contributed by atoms with Gasteiger partial charge >= 0.3 is 0 Å². The van der Waals surface area contributed by atoms with E-state index in [-0.39, 0.29) is 23.9 Å². The van der Waals surface area contributed by atoms with Crippen LogP contribution in [-0.4, -0.2) is 48.4 Å². The smallest absolute Gasteiger partial charge is 0.239 e. The summed E-state index contributed by atoms with van der Waals surface area (Å²) in [7, 11) is 0. The SMILES string of the molecule is CC(=O)N[C@H]1CCCN(C(=O)[C@@H]2CCCN2)C1. The highest BCUT2D eigenvalue weighted by atomic mass is 16.2. The first-order valence-corrected chi connectivity index (χ1v) is 6.46. The van der Waals surface area contributed by atoms with Crippen molar-refractivity contribution in [3.63, 3.8) is 0 Å². The largest absolute Gasteiger partial charge is 0.352 e. The first-order valence-electron chi connectivity index (χ1n) is 6.46. The van der Waals surface area contributed by atoms with Crippen molar-refractivity contribution < 1.29 is 9.59 Å². The van der Waals surface area contributed by atoms with Crippen LogP contribution in [-0.2, 0) is 9.59 Å². The van der Waals surface area contributed by atoms with Crippen LogP contribution in [0.1, 0.15) is 32.6 Å². The Balaban J connectivity index is 1.87. The molecule has 2 amide bonds. The molecule has 0 radical (unpaired) electrons. The van der Waals surface area contributed by atoms with E-state index in [2.05, 4.69) is 10.6 Å². The van der Waals surface area contributed by atoms with Gasteiger partial charge in [0.2, 0.25) is 11.8 Å². The Labute approximate surface area is 102 Å². The van der Waals surface area contributed by atoms with Gasteiger partial charge in [-0.25, -0.2) is 0 Å². The second-order valence-electron chi connectivity index (χ2n) is 4.97. The van der Waals surface area contributed by atoms with Crippen molar-refractivity contribution in [2.75, 3.05) is 19.6 Å². The zero-order valence-electron chi connectivity index (χ0n) is 10.4. The lowest BCUT2D eigenvalue weighted by Crippen LogP contribution is -2.53. The summed E-state index contributed by atoms with van der Waals surface area (Å²) in [5, 5.41) is 6.13. The molecule has 2 atom stereocenters. The third kappa shape index (κ3) is 3.19. The van der Waals surface area contributed by atoms with Crippen molar-refractivity contribution in [2.24, 2.45) is 0 Å². The maximum Gasteiger partial charge on any atom is 0.239 e. The number of carbonyl (C=O) groups is 2. The lowest BCUT2D eigenvalue weighted by molar-refractivity contribution is -0.135. The highest BCUT2D eigenvalue weighted by Gasteiger charge is 2.30. The van der Waals surface area contributed by atoms with E-state index in [1.165, 1.54) is 6.92 Å². The Hall–Kier alpha value is -1.10. The molecular weight excluding hydrogens is 218 g/mol. The molecule has 2 heterocycles. The second-order valence-corrected chi connectivity index (χ2v) is 4.97. The van der Waals surface area contributed by atoms with Crippen LogP contribution in [0.15, 0.2) is 0 Å². The average Bonchev–Trinajstić information content (AvgIpc) is 2.81. The summed E-state index contributed by atoms with van der Waals surface area (Å²) in [5.41, 5.74) is 0. The van der Waals surface area contributed by atoms with E-state index in [1.54, 1.807) is 0 Å². The molecule has 96 valence electrons. The molecule has 0 aromatic rings. The third-order valence-corrected chi connectivity index (χ3v) is 3.50. The van der Waals surface area contributed by atoms with E-state index in [9.17, 15) is 9.59 Å². The normalized spacial score (nSPS) is 29.1. The number of nitrogens with one attached hydrogen (secondary N) is 2. The van der Waals surface area contributed by atoms with Gasteiger partial charge in [-0.05, 0) is 32.2 Å². The lowest BCUT2D eigenvalue weighted by Gasteiger charge is -2.34. The molecule has 2 aliphatic heterocycles. The molecule has 2 rings (SSSR count). The first kappa shape index (κ1) is 12.4. The van der Waals surface area contributed by atoms with Crippen LogP contribution in [0.4, 0.5) is 0 Å². The molecule has 0 aromatic carbocycles. The number of nitrogens with zero attached hydrogens (tertiary/aromatic N) is 1. The van der Waals surface area contributed by atoms with Gasteiger partial charge in [-0.2, -0.15) is 0 Å². The Morgan fingerprint density at radius 3 is 2.76 bits per heavy atom. The molecule has 17 heavy (non-hydrogen) atoms. The van der Waals surface area contributed by atoms with Crippen molar-refractivity contribution in [2.45, 2.75) is 44.7 Å². The van der Waals surface area contributed by atoms with Gasteiger partial charge in [0.25, 0.3) is 0 Å². The molecule has 2 saturated heterocycles. The van der Waals surface area contributed by atoms with Crippen LogP contribution >= 0.6 is 0 Å². The summed E-state index contributed by atoms with van der Waals surface area (Å²) in [6.45, 7) is 3.96. The van der Waals surface area contributed by atoms with E-state index in [4.69, 9.17) is 0 Å². The molecular formula is C12H21N3O2. The molecule has 0 unspecified atom stereocenters. The Morgan fingerprint density at radius 1 is 1.29 bits per heavy atom. The van der Waals surface area contributed by atoms with Crippen LogP contribution in [0.2, 0.25) is 0 Å². The minimum Gasteiger partial charge on any atom is -0.352 e. The van der Waals surface area contributed by atoms with E-state index in [1.807, 2.05) is 4.90 Å². The topological polar surface area (TPSA) is 61.4 Å². The Bertz CT molecular complexity index is 300. The summed E-state index contributed by atoms with van der Waals surface area (Å²) < 4.78 is 0. The van der Waals surface area contributed by atoms with Gasteiger partial charge < -0.3 is 15.5 Å². The van der Waals surface area contributed by atoms with E-state index in [0.717, 1.165) is 38.8 Å². The molecule has 2 aliphatic rings. The molecule has 0 saturated carbocycles. The third-order valence-electron chi connectivity index (χ3n) is 3.50. The summed E-state index contributed by atoms with van der Waals surface area (Å²) in [6, 6.07) is 0.137. The van der Waals surface area contributed by atoms with Gasteiger partial charge in [-0.1, -0.05) is 0 Å². The number of piperidine rings is 1. The average molecular weight is 239 g/mol. The van der Waals surface area contributed by atoms with Gasteiger partial charge in [0.1, 0.15) is 0 Å². The van der Waals surface area contributed by atoms with Crippen LogP contribution in [0.25, 0.3) is 0 Å². The van der Waals surface area contributed by atoms with Gasteiger partial charge in [-0.3, -0.25) is 9.59 Å². The summed E-state index contributed by atoms with van der Waals surface area (Å²) in [6.07, 6.45) is 3.98. The molecule has 0 aliphatic carbocycles. The van der Waals surface area contributed by atoms with Crippen molar-refractivity contribution in [3.05, 3.63) is 0 Å². The van der Waals surface area contributed by atoms with Gasteiger partial charge in [-0.15, -0.1) is 0 Å². The standard InChI is InChI=1S/C12H21N3O2/c1-9(16)14-10-4-3-7-15(8-10)12(17)11-5-2-6-13-11/h10-11,13H,2-8H2,1H3,(H,14,16)/t10-,11-/m0/s1. The van der Waals surface area contributed by atoms with Crippen molar-refractivity contribution >= 4 is 11.8 Å². The Morgan fingerprint density at radius 2 is 2.12 bits per heavy atom. The van der Waals surface area contributed by atoms with Gasteiger partial charge in [0.05, 0.1) is 6.04 Å². The number of amides is 2. The van der Waals surface area contributed by atoms with Gasteiger partial charge in [0.15, 0.2) is 0 Å². The number of rotatable bonds is 2. The predicted molar refractivity (Wildman–Crippen MR) is 64.4 cm³/mol. The number of hydrogen-bond acceptors (Lipinski definition) is 3. The minimum absolute atomic E-state index is 0.00563.